The van der Waals surface area contributed by atoms with E-state index in [2.05, 4.69) is 20.7 Å². The smallest absolute Gasteiger partial charge is 0.412 e. The zero-order chi connectivity index (χ0) is 26.1. The molecule has 11 heteroatoms. The Hall–Kier alpha value is -4.41. The van der Waals surface area contributed by atoms with Crippen molar-refractivity contribution in [1.29, 1.82) is 0 Å². The Morgan fingerprint density at radius 1 is 1.08 bits per heavy atom. The molecule has 0 fully saturated rings. The summed E-state index contributed by atoms with van der Waals surface area (Å²) in [5.41, 5.74) is 7.51. The van der Waals surface area contributed by atoms with E-state index in [1.165, 1.54) is 16.9 Å². The maximum absolute atomic E-state index is 13.3. The lowest BCUT2D eigenvalue weighted by atomic mass is 10.1. The second-order valence-corrected chi connectivity index (χ2v) is 7.97. The van der Waals surface area contributed by atoms with E-state index in [0.29, 0.717) is 25.1 Å². The van der Waals surface area contributed by atoms with Gasteiger partial charge in [0.1, 0.15) is 17.9 Å². The molecule has 0 radical (unpaired) electrons. The van der Waals surface area contributed by atoms with Gasteiger partial charge in [0.15, 0.2) is 0 Å². The Kier molecular flexibility index (Phi) is 8.98. The molecule has 0 saturated heterocycles. The van der Waals surface area contributed by atoms with Crippen LogP contribution < -0.4 is 21.1 Å². The van der Waals surface area contributed by atoms with E-state index in [1.807, 2.05) is 44.2 Å². The van der Waals surface area contributed by atoms with Gasteiger partial charge in [-0.25, -0.2) is 9.78 Å². The van der Waals surface area contributed by atoms with Crippen molar-refractivity contribution < 1.29 is 23.9 Å². The van der Waals surface area contributed by atoms with Crippen molar-refractivity contribution >= 4 is 29.3 Å². The molecule has 36 heavy (non-hydrogen) atoms. The zero-order valence-electron chi connectivity index (χ0n) is 20.5. The highest BCUT2D eigenvalue weighted by atomic mass is 16.5. The Balaban J connectivity index is 1.84. The quantitative estimate of drug-likeness (QED) is 0.368. The number of rotatable bonds is 11. The number of primary amides is 1. The van der Waals surface area contributed by atoms with Gasteiger partial charge in [0, 0.05) is 7.05 Å². The summed E-state index contributed by atoms with van der Waals surface area (Å²) in [6, 6.07) is 10.7. The van der Waals surface area contributed by atoms with Crippen LogP contribution >= 0.6 is 0 Å². The molecule has 4 N–H and O–H groups in total. The molecule has 3 aromatic rings. The summed E-state index contributed by atoms with van der Waals surface area (Å²) in [5, 5.41) is 9.63. The highest BCUT2D eigenvalue weighted by Gasteiger charge is 2.24. The van der Waals surface area contributed by atoms with Crippen LogP contribution in [0.3, 0.4) is 0 Å². The van der Waals surface area contributed by atoms with Gasteiger partial charge in [-0.05, 0) is 24.5 Å². The molecule has 3 rings (SSSR count). The highest BCUT2D eigenvalue weighted by Crippen LogP contribution is 2.26. The minimum atomic E-state index is -0.722. The zero-order valence-corrected chi connectivity index (χ0v) is 20.5. The van der Waals surface area contributed by atoms with Crippen LogP contribution in [0.25, 0.3) is 0 Å². The van der Waals surface area contributed by atoms with Crippen LogP contribution in [0.5, 0.6) is 5.88 Å². The third kappa shape index (κ3) is 6.59. The van der Waals surface area contributed by atoms with E-state index >= 15 is 0 Å². The minimum Gasteiger partial charge on any atom is -0.477 e. The van der Waals surface area contributed by atoms with Crippen molar-refractivity contribution in [1.82, 2.24) is 14.8 Å². The van der Waals surface area contributed by atoms with E-state index in [-0.39, 0.29) is 35.1 Å². The number of pyridine rings is 1. The maximum Gasteiger partial charge on any atom is 0.412 e. The number of benzene rings is 1. The molecule has 3 amide bonds. The lowest BCUT2D eigenvalue weighted by Crippen LogP contribution is -2.21. The van der Waals surface area contributed by atoms with E-state index in [1.54, 1.807) is 7.05 Å². The number of nitrogens with one attached hydrogen (secondary N) is 2. The minimum absolute atomic E-state index is 0.0611. The second-order valence-electron chi connectivity index (χ2n) is 7.97. The average Bonchev–Trinajstić information content (AvgIpc) is 3.17. The van der Waals surface area contributed by atoms with Crippen molar-refractivity contribution in [2.24, 2.45) is 12.8 Å². The van der Waals surface area contributed by atoms with Gasteiger partial charge < -0.3 is 20.5 Å². The standard InChI is InChI=1S/C25H30N6O5/c1-4-9-19-20(21(22(26)32)31(3)30-19)29-23(33)18-13-17(14-27-24(18)35-12-5-2)28-25(34)36-15-16-10-7-6-8-11-16/h6-8,10-11,13-14H,4-5,9,12,15H2,1-3H3,(H2,26,32)(H,28,34)(H,29,33). The SMILES string of the molecule is CCCOc1ncc(NC(=O)OCc2ccccc2)cc1C(=O)Nc1c(CCC)nn(C)c1C(N)=O. The Morgan fingerprint density at radius 3 is 2.50 bits per heavy atom. The van der Waals surface area contributed by atoms with Crippen LogP contribution in [0, 0.1) is 0 Å². The molecule has 0 atom stereocenters. The summed E-state index contributed by atoms with van der Waals surface area (Å²) < 4.78 is 12.2. The number of carbonyl (C=O) groups excluding carboxylic acids is 3. The molecule has 1 aromatic carbocycles. The monoisotopic (exact) mass is 494 g/mol. The van der Waals surface area contributed by atoms with Crippen LogP contribution in [0.2, 0.25) is 0 Å². The Morgan fingerprint density at radius 2 is 1.83 bits per heavy atom. The first-order valence-corrected chi connectivity index (χ1v) is 11.6. The van der Waals surface area contributed by atoms with Gasteiger partial charge >= 0.3 is 6.09 Å². The van der Waals surface area contributed by atoms with Crippen molar-refractivity contribution in [2.75, 3.05) is 17.2 Å². The molecule has 0 aliphatic carbocycles. The average molecular weight is 495 g/mol. The number of nitrogens with zero attached hydrogens (tertiary/aromatic N) is 3. The third-order valence-corrected chi connectivity index (χ3v) is 5.08. The van der Waals surface area contributed by atoms with Crippen molar-refractivity contribution in [3.8, 4) is 5.88 Å². The molecule has 0 saturated carbocycles. The van der Waals surface area contributed by atoms with Gasteiger partial charge in [0.05, 0.1) is 29.9 Å². The molecular formula is C25H30N6O5. The molecule has 0 unspecified atom stereocenters. The summed E-state index contributed by atoms with van der Waals surface area (Å²) in [5.74, 6) is -1.23. The molecule has 0 bridgehead atoms. The molecule has 11 nitrogen and oxygen atoms in total. The van der Waals surface area contributed by atoms with Crippen molar-refractivity contribution in [3.63, 3.8) is 0 Å². The van der Waals surface area contributed by atoms with Crippen LogP contribution in [0.15, 0.2) is 42.6 Å². The largest absolute Gasteiger partial charge is 0.477 e. The number of amides is 3. The first-order chi connectivity index (χ1) is 17.3. The van der Waals surface area contributed by atoms with Crippen molar-refractivity contribution in [2.45, 2.75) is 39.7 Å². The number of aromatic nitrogens is 3. The summed E-state index contributed by atoms with van der Waals surface area (Å²) in [4.78, 5) is 41.9. The molecule has 190 valence electrons. The fourth-order valence-electron chi connectivity index (χ4n) is 3.46. The molecule has 0 spiro atoms. The van der Waals surface area contributed by atoms with E-state index in [0.717, 1.165) is 12.0 Å². The highest BCUT2D eigenvalue weighted by molar-refractivity contribution is 6.10. The predicted molar refractivity (Wildman–Crippen MR) is 134 cm³/mol. The summed E-state index contributed by atoms with van der Waals surface area (Å²) >= 11 is 0. The molecule has 2 heterocycles. The number of ether oxygens (including phenoxy) is 2. The molecule has 0 aliphatic heterocycles. The number of aryl methyl sites for hydroxylation is 2. The van der Waals surface area contributed by atoms with Gasteiger partial charge in [0.2, 0.25) is 5.88 Å². The normalized spacial score (nSPS) is 10.5. The first kappa shape index (κ1) is 26.2. The summed E-state index contributed by atoms with van der Waals surface area (Å²) in [6.07, 6.45) is 2.64. The maximum atomic E-state index is 13.3. The Labute approximate surface area is 209 Å². The second kappa shape index (κ2) is 12.3. The van der Waals surface area contributed by atoms with Gasteiger partial charge in [-0.15, -0.1) is 0 Å². The van der Waals surface area contributed by atoms with Crippen LogP contribution in [0.1, 0.15) is 58.8 Å². The van der Waals surface area contributed by atoms with Crippen LogP contribution in [0.4, 0.5) is 16.2 Å². The van der Waals surface area contributed by atoms with Gasteiger partial charge in [-0.3, -0.25) is 19.6 Å². The fourth-order valence-corrected chi connectivity index (χ4v) is 3.46. The molecule has 2 aromatic heterocycles. The molecular weight excluding hydrogens is 464 g/mol. The molecule has 0 aliphatic rings. The number of anilines is 2. The first-order valence-electron chi connectivity index (χ1n) is 11.6. The lowest BCUT2D eigenvalue weighted by molar-refractivity contribution is 0.0992. The summed E-state index contributed by atoms with van der Waals surface area (Å²) in [7, 11) is 1.58. The number of nitrogens with two attached hydrogens (primary N) is 1. The topological polar surface area (TPSA) is 150 Å². The lowest BCUT2D eigenvalue weighted by Gasteiger charge is -2.13. The van der Waals surface area contributed by atoms with E-state index in [4.69, 9.17) is 15.2 Å². The van der Waals surface area contributed by atoms with Gasteiger partial charge in [-0.2, -0.15) is 5.10 Å². The third-order valence-electron chi connectivity index (χ3n) is 5.08. The number of hydrogen-bond acceptors (Lipinski definition) is 7. The fraction of sp³-hybridized carbons (Fsp3) is 0.320. The Bertz CT molecular complexity index is 1230. The van der Waals surface area contributed by atoms with Crippen molar-refractivity contribution in [3.05, 3.63) is 65.1 Å². The summed E-state index contributed by atoms with van der Waals surface area (Å²) in [6.45, 7) is 4.29. The van der Waals surface area contributed by atoms with E-state index in [9.17, 15) is 14.4 Å². The predicted octanol–water partition coefficient (Wildman–Crippen LogP) is 3.66. The van der Waals surface area contributed by atoms with Gasteiger partial charge in [0.25, 0.3) is 11.8 Å². The number of carbonyl (C=O) groups is 3. The van der Waals surface area contributed by atoms with Gasteiger partial charge in [-0.1, -0.05) is 50.6 Å². The van der Waals surface area contributed by atoms with E-state index < -0.39 is 17.9 Å². The number of hydrogen-bond donors (Lipinski definition) is 3. The van der Waals surface area contributed by atoms with Crippen LogP contribution in [-0.2, 0) is 24.8 Å². The van der Waals surface area contributed by atoms with Crippen LogP contribution in [-0.4, -0.2) is 39.3 Å².